The van der Waals surface area contributed by atoms with E-state index in [2.05, 4.69) is 41.3 Å². The normalized spacial score (nSPS) is 26.6. The molecule has 0 aliphatic carbocycles. The Bertz CT molecular complexity index is 678. The molecular weight excluding hydrogens is 294 g/mol. The number of aliphatic hydroxyl groups excluding tert-OH is 1. The molecule has 2 saturated heterocycles. The van der Waals surface area contributed by atoms with Crippen LogP contribution in [0.3, 0.4) is 0 Å². The molecule has 2 fully saturated rings. The predicted molar refractivity (Wildman–Crippen MR) is 98.6 cm³/mol. The smallest absolute Gasteiger partial charge is 0.0917 e. The molecule has 2 aliphatic rings. The minimum atomic E-state index is -0.381. The monoisotopic (exact) mass is 319 g/mol. The lowest BCUT2D eigenvalue weighted by Crippen LogP contribution is -2.42. The second kappa shape index (κ2) is 6.92. The van der Waals surface area contributed by atoms with E-state index in [1.165, 1.54) is 18.4 Å². The molecular formula is C22H25NO. The Hall–Kier alpha value is -1.90. The molecule has 3 atom stereocenters. The van der Waals surface area contributed by atoms with Gasteiger partial charge in [-0.2, -0.15) is 0 Å². The summed E-state index contributed by atoms with van der Waals surface area (Å²) in [4.78, 5) is 2.56. The molecule has 2 nitrogen and oxygen atoms in total. The average molecular weight is 319 g/mol. The largest absolute Gasteiger partial charge is 0.387 e. The van der Waals surface area contributed by atoms with Crippen molar-refractivity contribution in [2.45, 2.75) is 43.9 Å². The Kier molecular flexibility index (Phi) is 4.50. The van der Waals surface area contributed by atoms with E-state index in [1.807, 2.05) is 30.3 Å². The van der Waals surface area contributed by atoms with Crippen LogP contribution in [0.4, 0.5) is 0 Å². The summed E-state index contributed by atoms with van der Waals surface area (Å²) in [6.45, 7) is 0.762. The molecule has 0 radical (unpaired) electrons. The lowest BCUT2D eigenvalue weighted by molar-refractivity contribution is 0.0733. The van der Waals surface area contributed by atoms with Crippen molar-refractivity contribution in [3.05, 3.63) is 77.4 Å². The molecule has 0 amide bonds. The van der Waals surface area contributed by atoms with Gasteiger partial charge in [0.15, 0.2) is 0 Å². The van der Waals surface area contributed by atoms with Crippen LogP contribution in [0, 0.1) is 0 Å². The number of fused-ring (bicyclic) bond motifs is 2. The molecule has 1 N–H and O–H groups in total. The maximum Gasteiger partial charge on any atom is 0.0917 e. The molecule has 2 heterocycles. The van der Waals surface area contributed by atoms with E-state index >= 15 is 0 Å². The summed E-state index contributed by atoms with van der Waals surface area (Å²) >= 11 is 0. The zero-order valence-corrected chi connectivity index (χ0v) is 14.0. The van der Waals surface area contributed by atoms with Gasteiger partial charge in [0, 0.05) is 18.6 Å². The quantitative estimate of drug-likeness (QED) is 0.901. The van der Waals surface area contributed by atoms with Crippen LogP contribution in [0.5, 0.6) is 0 Å². The van der Waals surface area contributed by atoms with Crippen molar-refractivity contribution in [3.63, 3.8) is 0 Å². The van der Waals surface area contributed by atoms with Crippen LogP contribution >= 0.6 is 0 Å². The third kappa shape index (κ3) is 3.31. The fourth-order valence-electron chi connectivity index (χ4n) is 4.32. The van der Waals surface area contributed by atoms with Crippen LogP contribution in [0.2, 0.25) is 0 Å². The lowest BCUT2D eigenvalue weighted by atomic mass is 9.94. The van der Waals surface area contributed by atoms with Gasteiger partial charge in [0.05, 0.1) is 6.10 Å². The van der Waals surface area contributed by atoms with Gasteiger partial charge in [0.25, 0.3) is 0 Å². The zero-order chi connectivity index (χ0) is 16.4. The highest BCUT2D eigenvalue weighted by molar-refractivity contribution is 5.53. The van der Waals surface area contributed by atoms with E-state index in [9.17, 15) is 5.11 Å². The molecule has 4 rings (SSSR count). The van der Waals surface area contributed by atoms with Crippen molar-refractivity contribution in [1.29, 1.82) is 0 Å². The Labute approximate surface area is 144 Å². The van der Waals surface area contributed by atoms with E-state index in [0.717, 1.165) is 24.9 Å². The van der Waals surface area contributed by atoms with Gasteiger partial charge in [0.1, 0.15) is 0 Å². The topological polar surface area (TPSA) is 23.5 Å². The zero-order valence-electron chi connectivity index (χ0n) is 14.0. The average Bonchev–Trinajstić information content (AvgIpc) is 2.86. The van der Waals surface area contributed by atoms with Gasteiger partial charge in [-0.1, -0.05) is 72.3 Å². The maximum atomic E-state index is 10.6. The Morgan fingerprint density at radius 1 is 0.917 bits per heavy atom. The van der Waals surface area contributed by atoms with Crippen LogP contribution in [0.15, 0.2) is 66.2 Å². The van der Waals surface area contributed by atoms with Crippen molar-refractivity contribution in [3.8, 4) is 0 Å². The van der Waals surface area contributed by atoms with Crippen LogP contribution in [-0.4, -0.2) is 28.6 Å². The molecule has 2 aliphatic heterocycles. The molecule has 2 aromatic carbocycles. The van der Waals surface area contributed by atoms with Crippen molar-refractivity contribution in [1.82, 2.24) is 4.90 Å². The van der Waals surface area contributed by atoms with Gasteiger partial charge in [0.2, 0.25) is 0 Å². The number of piperidine rings is 1. The summed E-state index contributed by atoms with van der Waals surface area (Å²) in [7, 11) is 0. The first-order valence-electron chi connectivity index (χ1n) is 9.03. The highest BCUT2D eigenvalue weighted by Crippen LogP contribution is 2.39. The van der Waals surface area contributed by atoms with Gasteiger partial charge in [-0.25, -0.2) is 0 Å². The summed E-state index contributed by atoms with van der Waals surface area (Å²) < 4.78 is 0. The van der Waals surface area contributed by atoms with Crippen molar-refractivity contribution in [2.24, 2.45) is 0 Å². The van der Waals surface area contributed by atoms with Crippen molar-refractivity contribution < 1.29 is 5.11 Å². The first-order chi connectivity index (χ1) is 11.8. The van der Waals surface area contributed by atoms with E-state index in [1.54, 1.807) is 5.57 Å². The number of nitrogens with zero attached hydrogens (tertiary/aromatic N) is 1. The summed E-state index contributed by atoms with van der Waals surface area (Å²) in [5.74, 6) is 0. The highest BCUT2D eigenvalue weighted by atomic mass is 16.3. The number of rotatable bonds is 4. The fourth-order valence-corrected chi connectivity index (χ4v) is 4.32. The standard InChI is InChI=1S/C22H25NO/c24-22(19-9-5-2-6-10-19)16-23-20-11-12-21(23)15-18(14-20)13-17-7-3-1-4-8-17/h1-10,13,20-22,24H,11-12,14-16H2/t20-,21+,22-/m0/s1. The summed E-state index contributed by atoms with van der Waals surface area (Å²) in [6.07, 6.45) is 6.81. The van der Waals surface area contributed by atoms with Gasteiger partial charge in [-0.15, -0.1) is 0 Å². The number of hydrogen-bond donors (Lipinski definition) is 1. The summed E-state index contributed by atoms with van der Waals surface area (Å²) in [5.41, 5.74) is 3.91. The molecule has 0 spiro atoms. The first kappa shape index (κ1) is 15.6. The minimum absolute atomic E-state index is 0.381. The van der Waals surface area contributed by atoms with Gasteiger partial charge in [-0.05, 0) is 36.8 Å². The SMILES string of the molecule is O[C@@H](CN1[C@@H]2CC[C@H]1CC(=Cc1ccccc1)C2)c1ccccc1. The van der Waals surface area contributed by atoms with Crippen LogP contribution in [0.25, 0.3) is 6.08 Å². The molecule has 0 unspecified atom stereocenters. The molecule has 0 saturated carbocycles. The third-order valence-corrected chi connectivity index (χ3v) is 5.51. The van der Waals surface area contributed by atoms with Gasteiger partial charge in [-0.3, -0.25) is 4.90 Å². The van der Waals surface area contributed by atoms with E-state index in [4.69, 9.17) is 0 Å². The molecule has 24 heavy (non-hydrogen) atoms. The van der Waals surface area contributed by atoms with Crippen LogP contribution in [-0.2, 0) is 0 Å². The number of benzene rings is 2. The molecule has 124 valence electrons. The number of hydrogen-bond acceptors (Lipinski definition) is 2. The van der Waals surface area contributed by atoms with Crippen LogP contribution < -0.4 is 0 Å². The van der Waals surface area contributed by atoms with Crippen LogP contribution in [0.1, 0.15) is 42.9 Å². The Morgan fingerprint density at radius 3 is 2.12 bits per heavy atom. The van der Waals surface area contributed by atoms with Crippen molar-refractivity contribution >= 4 is 6.08 Å². The van der Waals surface area contributed by atoms with E-state index in [-0.39, 0.29) is 6.10 Å². The fraction of sp³-hybridized carbons (Fsp3) is 0.364. The molecule has 2 bridgehead atoms. The van der Waals surface area contributed by atoms with Gasteiger partial charge >= 0.3 is 0 Å². The lowest BCUT2D eigenvalue weighted by Gasteiger charge is -2.37. The summed E-state index contributed by atoms with van der Waals surface area (Å²) in [5, 5.41) is 10.6. The Morgan fingerprint density at radius 2 is 1.50 bits per heavy atom. The van der Waals surface area contributed by atoms with E-state index < -0.39 is 0 Å². The maximum absolute atomic E-state index is 10.6. The molecule has 2 aromatic rings. The highest BCUT2D eigenvalue weighted by Gasteiger charge is 2.39. The number of aliphatic hydroxyl groups is 1. The third-order valence-electron chi connectivity index (χ3n) is 5.51. The molecule has 0 aromatic heterocycles. The Balaban J connectivity index is 1.45. The van der Waals surface area contributed by atoms with Crippen molar-refractivity contribution in [2.75, 3.05) is 6.54 Å². The second-order valence-corrected chi connectivity index (χ2v) is 7.13. The van der Waals surface area contributed by atoms with E-state index in [0.29, 0.717) is 12.1 Å². The van der Waals surface area contributed by atoms with Gasteiger partial charge < -0.3 is 5.11 Å². The summed E-state index contributed by atoms with van der Waals surface area (Å²) in [6, 6.07) is 21.9. The first-order valence-corrected chi connectivity index (χ1v) is 9.03. The minimum Gasteiger partial charge on any atom is -0.387 e. The second-order valence-electron chi connectivity index (χ2n) is 7.13. The predicted octanol–water partition coefficient (Wildman–Crippen LogP) is 4.43. The molecule has 2 heteroatoms.